The molecule has 4 heterocycles. The summed E-state index contributed by atoms with van der Waals surface area (Å²) in [5.74, 6) is 1.00. The second-order valence-corrected chi connectivity index (χ2v) is 7.20. The molecule has 0 unspecified atom stereocenters. The minimum Gasteiger partial charge on any atom is -0.488 e. The molecule has 3 aliphatic rings. The first-order chi connectivity index (χ1) is 15.2. The zero-order valence-electron chi connectivity index (χ0n) is 16.8. The van der Waals surface area contributed by atoms with Crippen molar-refractivity contribution in [2.24, 2.45) is 9.98 Å². The molecular weight excluding hydrogens is 392 g/mol. The Balaban J connectivity index is 1.67. The molecule has 8 nitrogen and oxygen atoms in total. The summed E-state index contributed by atoms with van der Waals surface area (Å²) in [5, 5.41) is 2.58. The van der Waals surface area contributed by atoms with Gasteiger partial charge in [-0.1, -0.05) is 18.2 Å². The molecule has 1 aromatic heterocycles. The topological polar surface area (TPSA) is 83.3 Å². The van der Waals surface area contributed by atoms with Crippen LogP contribution in [0.25, 0.3) is 17.1 Å². The second kappa shape index (κ2) is 8.35. The molecule has 8 heteroatoms. The molecule has 0 saturated carbocycles. The number of benzene rings is 2. The highest BCUT2D eigenvalue weighted by atomic mass is 16.5. The van der Waals surface area contributed by atoms with Crippen molar-refractivity contribution in [3.8, 4) is 5.75 Å². The molecule has 0 saturated heterocycles. The lowest BCUT2D eigenvalue weighted by atomic mass is 10.2. The van der Waals surface area contributed by atoms with E-state index in [0.717, 1.165) is 34.6 Å². The quantitative estimate of drug-likeness (QED) is 0.555. The monoisotopic (exact) mass is 412 g/mol. The Morgan fingerprint density at radius 1 is 1.00 bits per heavy atom. The molecule has 0 N–H and O–H groups in total. The van der Waals surface area contributed by atoms with Gasteiger partial charge in [0.25, 0.3) is 5.91 Å². The van der Waals surface area contributed by atoms with Crippen LogP contribution in [0.4, 0.5) is 5.82 Å². The van der Waals surface area contributed by atoms with Crippen LogP contribution in [-0.2, 0) is 4.79 Å². The van der Waals surface area contributed by atoms with Gasteiger partial charge in [0.05, 0.1) is 17.4 Å². The van der Waals surface area contributed by atoms with Crippen LogP contribution in [0.15, 0.2) is 71.2 Å². The van der Waals surface area contributed by atoms with Crippen LogP contribution in [-0.4, -0.2) is 58.1 Å². The van der Waals surface area contributed by atoms with Gasteiger partial charge in [-0.05, 0) is 24.3 Å². The molecule has 0 radical (unpaired) electrons. The number of aromatic nitrogens is 2. The van der Waals surface area contributed by atoms with E-state index in [1.807, 2.05) is 66.0 Å². The number of ether oxygens (including phenoxy) is 1. The SMILES string of the molecule is O=C1CN2C=CN(/C=c3/cccc/c3=N/c3ncnc4ccc(cc34)OC/C=N\1)CC2. The number of aliphatic imine (C=N–C) groups is 1. The number of carbonyl (C=O) groups excluding carboxylic acids is 1. The summed E-state index contributed by atoms with van der Waals surface area (Å²) < 4.78 is 5.75. The minimum atomic E-state index is -0.204. The molecule has 1 amide bonds. The highest BCUT2D eigenvalue weighted by Crippen LogP contribution is 2.25. The largest absolute Gasteiger partial charge is 0.488 e. The first-order valence-corrected chi connectivity index (χ1v) is 10.0. The summed E-state index contributed by atoms with van der Waals surface area (Å²) in [5.41, 5.74) is 0.778. The number of para-hydroxylation sites is 1. The van der Waals surface area contributed by atoms with E-state index in [2.05, 4.69) is 19.9 Å². The fourth-order valence-corrected chi connectivity index (χ4v) is 3.49. The van der Waals surface area contributed by atoms with E-state index in [4.69, 9.17) is 9.73 Å². The Morgan fingerprint density at radius 2 is 1.94 bits per heavy atom. The normalized spacial score (nSPS) is 19.5. The summed E-state index contributed by atoms with van der Waals surface area (Å²) in [6.45, 7) is 1.91. The van der Waals surface area contributed by atoms with Gasteiger partial charge in [0.1, 0.15) is 18.7 Å². The number of amides is 1. The lowest BCUT2D eigenvalue weighted by Crippen LogP contribution is -2.36. The Kier molecular flexibility index (Phi) is 5.10. The predicted molar refractivity (Wildman–Crippen MR) is 117 cm³/mol. The third kappa shape index (κ3) is 4.28. The van der Waals surface area contributed by atoms with Gasteiger partial charge in [0, 0.05) is 48.5 Å². The molecule has 0 atom stereocenters. The van der Waals surface area contributed by atoms with E-state index in [1.54, 1.807) is 0 Å². The number of hydrogen-bond acceptors (Lipinski definition) is 7. The summed E-state index contributed by atoms with van der Waals surface area (Å²) >= 11 is 0. The number of rotatable bonds is 0. The van der Waals surface area contributed by atoms with Gasteiger partial charge in [0.2, 0.25) is 0 Å². The van der Waals surface area contributed by atoms with E-state index in [9.17, 15) is 4.79 Å². The Hall–Kier alpha value is -4.07. The summed E-state index contributed by atoms with van der Waals surface area (Å²) in [6, 6.07) is 13.5. The van der Waals surface area contributed by atoms with Crippen LogP contribution in [0.1, 0.15) is 0 Å². The van der Waals surface area contributed by atoms with Crippen LogP contribution in [0, 0.1) is 0 Å². The first-order valence-electron chi connectivity index (χ1n) is 10.0. The van der Waals surface area contributed by atoms with E-state index in [1.165, 1.54) is 12.5 Å². The van der Waals surface area contributed by atoms with Gasteiger partial charge < -0.3 is 14.5 Å². The van der Waals surface area contributed by atoms with E-state index in [-0.39, 0.29) is 19.1 Å². The van der Waals surface area contributed by atoms with Crippen molar-refractivity contribution in [3.05, 3.63) is 71.8 Å². The van der Waals surface area contributed by atoms with E-state index >= 15 is 0 Å². The highest BCUT2D eigenvalue weighted by Gasteiger charge is 2.12. The van der Waals surface area contributed by atoms with Crippen molar-refractivity contribution in [2.75, 3.05) is 26.2 Å². The second-order valence-electron chi connectivity index (χ2n) is 7.20. The number of carbonyl (C=O) groups is 1. The molecular formula is C23H20N6O2. The van der Waals surface area contributed by atoms with Crippen LogP contribution in [0.5, 0.6) is 5.75 Å². The Bertz CT molecular complexity index is 1320. The standard InChI is InChI=1S/C23H20N6O2/c30-22-15-29-10-8-28(9-11-29)14-17-3-1-2-4-20(17)27-23-19-13-18(31-12-7-24-22)5-6-21(19)25-16-26-23/h1-8,10,13-14,16H,9,11-12,15H2/b17-14-,24-7-,27-20-. The van der Waals surface area contributed by atoms with Crippen LogP contribution < -0.4 is 15.3 Å². The fourth-order valence-electron chi connectivity index (χ4n) is 3.49. The average molecular weight is 412 g/mol. The summed E-state index contributed by atoms with van der Waals surface area (Å²) in [6.07, 6.45) is 8.92. The lowest BCUT2D eigenvalue weighted by Gasteiger charge is -2.28. The smallest absolute Gasteiger partial charge is 0.264 e. The maximum Gasteiger partial charge on any atom is 0.264 e. The van der Waals surface area contributed by atoms with Gasteiger partial charge in [-0.2, -0.15) is 0 Å². The van der Waals surface area contributed by atoms with Crippen molar-refractivity contribution in [3.63, 3.8) is 0 Å². The molecule has 0 spiro atoms. The zero-order valence-corrected chi connectivity index (χ0v) is 16.8. The van der Waals surface area contributed by atoms with Gasteiger partial charge in [-0.15, -0.1) is 0 Å². The molecule has 154 valence electrons. The summed E-state index contributed by atoms with van der Waals surface area (Å²) in [4.78, 5) is 33.7. The fraction of sp³-hybridized carbons (Fsp3) is 0.174. The van der Waals surface area contributed by atoms with Gasteiger partial charge in [-0.3, -0.25) is 4.79 Å². The minimum absolute atomic E-state index is 0.193. The van der Waals surface area contributed by atoms with Crippen LogP contribution in [0.3, 0.4) is 0 Å². The van der Waals surface area contributed by atoms with E-state index in [0.29, 0.717) is 11.6 Å². The van der Waals surface area contributed by atoms with Gasteiger partial charge in [-0.25, -0.2) is 20.0 Å². The number of fused-ring (bicyclic) bond motifs is 5. The van der Waals surface area contributed by atoms with Crippen molar-refractivity contribution < 1.29 is 9.53 Å². The highest BCUT2D eigenvalue weighted by molar-refractivity contribution is 5.89. The predicted octanol–water partition coefficient (Wildman–Crippen LogP) is 1.40. The Morgan fingerprint density at radius 3 is 2.84 bits per heavy atom. The van der Waals surface area contributed by atoms with Crippen molar-refractivity contribution in [1.29, 1.82) is 0 Å². The maximum atomic E-state index is 12.1. The average Bonchev–Trinajstić information content (AvgIpc) is 2.79. The molecule has 31 heavy (non-hydrogen) atoms. The molecule has 4 bridgehead atoms. The van der Waals surface area contributed by atoms with Gasteiger partial charge in [0.15, 0.2) is 5.82 Å². The maximum absolute atomic E-state index is 12.1. The molecule has 6 rings (SSSR count). The van der Waals surface area contributed by atoms with Crippen molar-refractivity contribution in [1.82, 2.24) is 19.8 Å². The molecule has 0 fully saturated rings. The van der Waals surface area contributed by atoms with Crippen molar-refractivity contribution >= 4 is 35.0 Å². The lowest BCUT2D eigenvalue weighted by molar-refractivity contribution is -0.118. The Labute approximate surface area is 178 Å². The third-order valence-corrected chi connectivity index (χ3v) is 5.07. The van der Waals surface area contributed by atoms with Gasteiger partial charge >= 0.3 is 0 Å². The number of hydrogen-bond donors (Lipinski definition) is 0. The van der Waals surface area contributed by atoms with Crippen molar-refractivity contribution in [2.45, 2.75) is 0 Å². The third-order valence-electron chi connectivity index (χ3n) is 5.07. The molecule has 3 aliphatic heterocycles. The molecule has 3 aromatic rings. The molecule has 2 aromatic carbocycles. The molecule has 0 aliphatic carbocycles. The first kappa shape index (κ1) is 18.9. The van der Waals surface area contributed by atoms with Crippen LogP contribution in [0.2, 0.25) is 0 Å². The summed E-state index contributed by atoms with van der Waals surface area (Å²) in [7, 11) is 0. The zero-order chi connectivity index (χ0) is 21.0. The van der Waals surface area contributed by atoms with Crippen LogP contribution >= 0.6 is 0 Å². The van der Waals surface area contributed by atoms with E-state index < -0.39 is 0 Å². The number of nitrogens with zero attached hydrogens (tertiary/aromatic N) is 6.